The second kappa shape index (κ2) is 6.14. The van der Waals surface area contributed by atoms with Gasteiger partial charge in [-0.1, -0.05) is 28.1 Å². The zero-order valence-corrected chi connectivity index (χ0v) is 12.8. The summed E-state index contributed by atoms with van der Waals surface area (Å²) in [5.41, 5.74) is 3.14. The summed E-state index contributed by atoms with van der Waals surface area (Å²) in [4.78, 5) is 0. The van der Waals surface area contributed by atoms with E-state index < -0.39 is 0 Å². The highest BCUT2D eigenvalue weighted by Crippen LogP contribution is 2.20. The van der Waals surface area contributed by atoms with Crippen LogP contribution in [-0.4, -0.2) is 4.57 Å². The summed E-state index contributed by atoms with van der Waals surface area (Å²) in [5, 5.41) is 3.36. The van der Waals surface area contributed by atoms with Gasteiger partial charge in [0.15, 0.2) is 0 Å². The van der Waals surface area contributed by atoms with Crippen LogP contribution in [0.1, 0.15) is 5.56 Å². The molecule has 2 nitrogen and oxygen atoms in total. The highest BCUT2D eigenvalue weighted by Gasteiger charge is 2.02. The Bertz CT molecular complexity index is 738. The predicted molar refractivity (Wildman–Crippen MR) is 87.2 cm³/mol. The van der Waals surface area contributed by atoms with Crippen molar-refractivity contribution < 1.29 is 4.39 Å². The molecule has 0 saturated heterocycles. The molecule has 1 heterocycles. The van der Waals surface area contributed by atoms with Crippen LogP contribution >= 0.6 is 15.9 Å². The lowest BCUT2D eigenvalue weighted by Gasteiger charge is -2.10. The monoisotopic (exact) mass is 344 g/mol. The fourth-order valence-corrected chi connectivity index (χ4v) is 2.64. The van der Waals surface area contributed by atoms with Crippen LogP contribution in [0.3, 0.4) is 0 Å². The molecule has 1 N–H and O–H groups in total. The summed E-state index contributed by atoms with van der Waals surface area (Å²) in [6, 6.07) is 16.9. The van der Waals surface area contributed by atoms with E-state index in [0.29, 0.717) is 6.54 Å². The number of anilines is 1. The third-order valence-corrected chi connectivity index (χ3v) is 3.99. The van der Waals surface area contributed by atoms with Crippen molar-refractivity contribution in [3.05, 3.63) is 82.8 Å². The van der Waals surface area contributed by atoms with Gasteiger partial charge in [0.25, 0.3) is 0 Å². The van der Waals surface area contributed by atoms with Crippen molar-refractivity contribution in [2.75, 3.05) is 5.32 Å². The maximum Gasteiger partial charge on any atom is 0.124 e. The molecule has 0 spiro atoms. The van der Waals surface area contributed by atoms with Gasteiger partial charge in [0.2, 0.25) is 0 Å². The molecule has 0 aliphatic heterocycles. The topological polar surface area (TPSA) is 17.0 Å². The molecule has 0 aliphatic rings. The first kappa shape index (κ1) is 13.9. The van der Waals surface area contributed by atoms with Gasteiger partial charge in [-0.3, -0.25) is 0 Å². The summed E-state index contributed by atoms with van der Waals surface area (Å²) in [5.74, 6) is -0.236. The van der Waals surface area contributed by atoms with Gasteiger partial charge < -0.3 is 9.88 Å². The van der Waals surface area contributed by atoms with Gasteiger partial charge in [-0.15, -0.1) is 0 Å². The molecule has 0 radical (unpaired) electrons. The summed E-state index contributed by atoms with van der Waals surface area (Å²) >= 11 is 3.38. The minimum absolute atomic E-state index is 0.236. The van der Waals surface area contributed by atoms with Crippen LogP contribution < -0.4 is 5.32 Å². The maximum absolute atomic E-state index is 13.1. The van der Waals surface area contributed by atoms with Gasteiger partial charge in [-0.2, -0.15) is 0 Å². The normalized spacial score (nSPS) is 10.6. The van der Waals surface area contributed by atoms with Gasteiger partial charge >= 0.3 is 0 Å². The van der Waals surface area contributed by atoms with Crippen molar-refractivity contribution in [3.8, 4) is 5.69 Å². The molecule has 0 aliphatic carbocycles. The van der Waals surface area contributed by atoms with Crippen LogP contribution in [0.25, 0.3) is 5.69 Å². The molecule has 0 atom stereocenters. The number of hydrogen-bond acceptors (Lipinski definition) is 1. The van der Waals surface area contributed by atoms with Gasteiger partial charge in [0.1, 0.15) is 5.82 Å². The molecule has 21 heavy (non-hydrogen) atoms. The summed E-state index contributed by atoms with van der Waals surface area (Å²) in [6.07, 6.45) is 4.02. The van der Waals surface area contributed by atoms with Crippen molar-refractivity contribution >= 4 is 21.6 Å². The van der Waals surface area contributed by atoms with E-state index in [2.05, 4.69) is 37.9 Å². The van der Waals surface area contributed by atoms with Gasteiger partial charge in [0, 0.05) is 34.8 Å². The highest BCUT2D eigenvalue weighted by molar-refractivity contribution is 9.10. The third-order valence-electron chi connectivity index (χ3n) is 3.25. The van der Waals surface area contributed by atoms with Gasteiger partial charge in [-0.25, -0.2) is 4.39 Å². The van der Waals surface area contributed by atoms with Gasteiger partial charge in [-0.05, 0) is 48.0 Å². The van der Waals surface area contributed by atoms with E-state index in [1.165, 1.54) is 12.1 Å². The average Bonchev–Trinajstić information content (AvgIpc) is 3.01. The SMILES string of the molecule is Fc1ccc(CNc2cccc(-n3cccc3)c2)c(Br)c1. The number of halogens is 2. The number of nitrogens with one attached hydrogen (secondary N) is 1. The van der Waals surface area contributed by atoms with Crippen molar-refractivity contribution in [2.24, 2.45) is 0 Å². The molecule has 0 saturated carbocycles. The maximum atomic E-state index is 13.1. The quantitative estimate of drug-likeness (QED) is 0.705. The van der Waals surface area contributed by atoms with E-state index in [0.717, 1.165) is 21.4 Å². The van der Waals surface area contributed by atoms with Crippen LogP contribution in [0.15, 0.2) is 71.5 Å². The molecule has 1 aromatic heterocycles. The van der Waals surface area contributed by atoms with E-state index in [-0.39, 0.29) is 5.82 Å². The van der Waals surface area contributed by atoms with Gasteiger partial charge in [0.05, 0.1) is 0 Å². The Labute approximate surface area is 131 Å². The average molecular weight is 345 g/mol. The Kier molecular flexibility index (Phi) is 4.06. The smallest absolute Gasteiger partial charge is 0.124 e. The zero-order chi connectivity index (χ0) is 14.7. The Morgan fingerprint density at radius 2 is 1.81 bits per heavy atom. The summed E-state index contributed by atoms with van der Waals surface area (Å²) < 4.78 is 15.9. The molecule has 3 aromatic rings. The minimum atomic E-state index is -0.236. The highest BCUT2D eigenvalue weighted by atomic mass is 79.9. The first-order valence-electron chi connectivity index (χ1n) is 6.63. The molecule has 0 unspecified atom stereocenters. The molecule has 2 aromatic carbocycles. The lowest BCUT2D eigenvalue weighted by atomic mass is 10.2. The van der Waals surface area contributed by atoms with Crippen LogP contribution in [0, 0.1) is 5.82 Å². The van der Waals surface area contributed by atoms with E-state index in [9.17, 15) is 4.39 Å². The Hall–Kier alpha value is -2.07. The van der Waals surface area contributed by atoms with E-state index in [4.69, 9.17) is 0 Å². The van der Waals surface area contributed by atoms with E-state index in [1.54, 1.807) is 6.07 Å². The van der Waals surface area contributed by atoms with Crippen LogP contribution in [0.5, 0.6) is 0 Å². The fourth-order valence-electron chi connectivity index (χ4n) is 2.15. The predicted octanol–water partition coefficient (Wildman–Crippen LogP) is 4.99. The first-order chi connectivity index (χ1) is 10.2. The fraction of sp³-hybridized carbons (Fsp3) is 0.0588. The second-order valence-electron chi connectivity index (χ2n) is 4.73. The molecule has 3 rings (SSSR count). The molecule has 4 heteroatoms. The van der Waals surface area contributed by atoms with E-state index >= 15 is 0 Å². The van der Waals surface area contributed by atoms with Crippen LogP contribution in [0.2, 0.25) is 0 Å². The Balaban J connectivity index is 1.75. The molecule has 0 bridgehead atoms. The zero-order valence-electron chi connectivity index (χ0n) is 11.3. The number of aromatic nitrogens is 1. The lowest BCUT2D eigenvalue weighted by Crippen LogP contribution is -2.01. The summed E-state index contributed by atoms with van der Waals surface area (Å²) in [6.45, 7) is 0.635. The minimum Gasteiger partial charge on any atom is -0.381 e. The van der Waals surface area contributed by atoms with Crippen molar-refractivity contribution in [2.45, 2.75) is 6.54 Å². The molecular weight excluding hydrogens is 331 g/mol. The molecular formula is C17H14BrFN2. The number of rotatable bonds is 4. The third kappa shape index (κ3) is 3.34. The van der Waals surface area contributed by atoms with Crippen molar-refractivity contribution in [1.82, 2.24) is 4.57 Å². The number of benzene rings is 2. The standard InChI is InChI=1S/C17H14BrFN2/c18-17-10-14(19)7-6-13(17)12-20-15-4-3-5-16(11-15)21-8-1-2-9-21/h1-11,20H,12H2. The van der Waals surface area contributed by atoms with Crippen LogP contribution in [-0.2, 0) is 6.54 Å². The van der Waals surface area contributed by atoms with Crippen LogP contribution in [0.4, 0.5) is 10.1 Å². The van der Waals surface area contributed by atoms with E-state index in [1.807, 2.05) is 36.7 Å². The van der Waals surface area contributed by atoms with Crippen molar-refractivity contribution in [3.63, 3.8) is 0 Å². The number of hydrogen-bond donors (Lipinski definition) is 1. The molecule has 106 valence electrons. The Morgan fingerprint density at radius 3 is 2.57 bits per heavy atom. The first-order valence-corrected chi connectivity index (χ1v) is 7.43. The molecule has 0 amide bonds. The second-order valence-corrected chi connectivity index (χ2v) is 5.58. The summed E-state index contributed by atoms with van der Waals surface area (Å²) in [7, 11) is 0. The lowest BCUT2D eigenvalue weighted by molar-refractivity contribution is 0.626. The molecule has 0 fully saturated rings. The Morgan fingerprint density at radius 1 is 1.00 bits per heavy atom. The largest absolute Gasteiger partial charge is 0.381 e. The number of nitrogens with zero attached hydrogens (tertiary/aromatic N) is 1. The van der Waals surface area contributed by atoms with Crippen molar-refractivity contribution in [1.29, 1.82) is 0 Å².